The summed E-state index contributed by atoms with van der Waals surface area (Å²) in [7, 11) is 0. The van der Waals surface area contributed by atoms with E-state index in [2.05, 4.69) is 15.6 Å². The van der Waals surface area contributed by atoms with Crippen LogP contribution in [-0.2, 0) is 4.74 Å². The summed E-state index contributed by atoms with van der Waals surface area (Å²) in [5, 5.41) is 11.2. The molecule has 6 aromatic rings. The van der Waals surface area contributed by atoms with Crippen LogP contribution < -0.4 is 15.4 Å². The fraction of sp³-hybridized carbons (Fsp3) is 0.231. The molecule has 1 fully saturated rings. The molecule has 0 bridgehead atoms. The van der Waals surface area contributed by atoms with Gasteiger partial charge in [0, 0.05) is 42.5 Å². The SMILES string of the molecule is O=C(Nc1cccc(-c2nn3ccccc3c2-c2ccnc(Nc3ccc(OCCC4CCCCOCC4)c(Cl)c3)n2)c1)c1c(F)cccc1F. The summed E-state index contributed by atoms with van der Waals surface area (Å²) >= 11 is 6.63. The van der Waals surface area contributed by atoms with Crippen LogP contribution in [0.15, 0.2) is 97.3 Å². The van der Waals surface area contributed by atoms with E-state index in [0.717, 1.165) is 55.7 Å². The average Bonchev–Trinajstić information content (AvgIpc) is 3.50. The van der Waals surface area contributed by atoms with Gasteiger partial charge < -0.3 is 20.1 Å². The molecule has 1 aliphatic heterocycles. The Morgan fingerprint density at radius 1 is 0.941 bits per heavy atom. The van der Waals surface area contributed by atoms with Crippen LogP contribution in [0.2, 0.25) is 5.02 Å². The lowest BCUT2D eigenvalue weighted by Crippen LogP contribution is -2.15. The normalized spacial score (nSPS) is 14.8. The lowest BCUT2D eigenvalue weighted by atomic mass is 9.95. The molecule has 12 heteroatoms. The maximum absolute atomic E-state index is 14.3. The van der Waals surface area contributed by atoms with Crippen molar-refractivity contribution in [3.8, 4) is 28.3 Å². The summed E-state index contributed by atoms with van der Waals surface area (Å²) in [6, 6.07) is 23.2. The molecule has 1 atom stereocenters. The van der Waals surface area contributed by atoms with Crippen molar-refractivity contribution in [2.45, 2.75) is 32.1 Å². The van der Waals surface area contributed by atoms with Gasteiger partial charge in [0.05, 0.1) is 28.4 Å². The summed E-state index contributed by atoms with van der Waals surface area (Å²) < 4.78 is 42.0. The first-order valence-corrected chi connectivity index (χ1v) is 17.2. The molecule has 3 aromatic heterocycles. The third-order valence-corrected chi connectivity index (χ3v) is 9.12. The first-order chi connectivity index (χ1) is 24.9. The van der Waals surface area contributed by atoms with Crippen molar-refractivity contribution in [2.75, 3.05) is 30.5 Å². The van der Waals surface area contributed by atoms with Gasteiger partial charge in [0.1, 0.15) is 28.6 Å². The standard InChI is InChI=1S/C39H35ClF2N6O3/c40-29-24-28(13-14-34(29)51-22-17-25-7-2-4-20-50-21-16-25)45-39-43-18-15-32(46-39)36-33-12-1-3-19-48(33)47-37(36)26-8-5-9-27(23-26)44-38(49)35-30(41)10-6-11-31(35)42/h1,3,5-6,8-15,18-19,23-25H,2,4,7,16-17,20-22H2,(H,44,49)(H,43,45,46). The number of rotatable bonds is 10. The molecule has 0 spiro atoms. The quantitative estimate of drug-likeness (QED) is 0.146. The monoisotopic (exact) mass is 708 g/mol. The summed E-state index contributed by atoms with van der Waals surface area (Å²) in [6.45, 7) is 2.25. The largest absolute Gasteiger partial charge is 0.492 e. The number of ether oxygens (including phenoxy) is 2. The number of benzene rings is 3. The molecule has 0 saturated carbocycles. The lowest BCUT2D eigenvalue weighted by molar-refractivity contribution is 0.0949. The zero-order chi connectivity index (χ0) is 35.2. The number of hydrogen-bond acceptors (Lipinski definition) is 7. The predicted molar refractivity (Wildman–Crippen MR) is 194 cm³/mol. The number of aromatic nitrogens is 4. The fourth-order valence-corrected chi connectivity index (χ4v) is 6.48. The van der Waals surface area contributed by atoms with Crippen molar-refractivity contribution >= 4 is 40.3 Å². The highest BCUT2D eigenvalue weighted by Gasteiger charge is 2.21. The number of fused-ring (bicyclic) bond motifs is 1. The molecule has 2 N–H and O–H groups in total. The second kappa shape index (κ2) is 15.7. The summed E-state index contributed by atoms with van der Waals surface area (Å²) in [5.41, 5.74) is 3.71. The van der Waals surface area contributed by atoms with Crippen LogP contribution in [0.5, 0.6) is 5.75 Å². The Hall–Kier alpha value is -5.39. The molecule has 1 saturated heterocycles. The van der Waals surface area contributed by atoms with E-state index in [1.54, 1.807) is 41.0 Å². The maximum Gasteiger partial charge on any atom is 0.261 e. The molecular weight excluding hydrogens is 674 g/mol. The van der Waals surface area contributed by atoms with Gasteiger partial charge in [-0.25, -0.2) is 23.3 Å². The molecule has 0 aliphatic carbocycles. The van der Waals surface area contributed by atoms with E-state index in [4.69, 9.17) is 31.2 Å². The van der Waals surface area contributed by atoms with E-state index in [1.165, 1.54) is 18.9 Å². The van der Waals surface area contributed by atoms with Gasteiger partial charge in [-0.1, -0.05) is 48.7 Å². The molecular formula is C39H35ClF2N6O3. The van der Waals surface area contributed by atoms with Gasteiger partial charge >= 0.3 is 0 Å². The zero-order valence-corrected chi connectivity index (χ0v) is 28.4. The van der Waals surface area contributed by atoms with Crippen LogP contribution in [0.3, 0.4) is 0 Å². The number of hydrogen-bond donors (Lipinski definition) is 2. The van der Waals surface area contributed by atoms with Gasteiger partial charge in [-0.15, -0.1) is 0 Å². The number of carbonyl (C=O) groups is 1. The molecule has 9 nitrogen and oxygen atoms in total. The van der Waals surface area contributed by atoms with Gasteiger partial charge in [0.2, 0.25) is 5.95 Å². The molecule has 1 aliphatic rings. The smallest absolute Gasteiger partial charge is 0.261 e. The van der Waals surface area contributed by atoms with Gasteiger partial charge in [0.15, 0.2) is 0 Å². The van der Waals surface area contributed by atoms with Gasteiger partial charge in [0.25, 0.3) is 5.91 Å². The number of anilines is 3. The molecule has 260 valence electrons. The van der Waals surface area contributed by atoms with E-state index < -0.39 is 23.1 Å². The van der Waals surface area contributed by atoms with Crippen LogP contribution in [0.25, 0.3) is 28.0 Å². The fourth-order valence-electron chi connectivity index (χ4n) is 6.25. The van der Waals surface area contributed by atoms with Crippen LogP contribution in [-0.4, -0.2) is 45.3 Å². The molecule has 3 aromatic carbocycles. The van der Waals surface area contributed by atoms with Gasteiger partial charge in [-0.05, 0) is 85.8 Å². The highest BCUT2D eigenvalue weighted by Crippen LogP contribution is 2.36. The van der Waals surface area contributed by atoms with E-state index in [-0.39, 0.29) is 0 Å². The predicted octanol–water partition coefficient (Wildman–Crippen LogP) is 9.36. The number of carbonyl (C=O) groups excluding carboxylic acids is 1. The highest BCUT2D eigenvalue weighted by atomic mass is 35.5. The Kier molecular flexibility index (Phi) is 10.5. The second-order valence-corrected chi connectivity index (χ2v) is 12.7. The molecule has 51 heavy (non-hydrogen) atoms. The number of pyridine rings is 1. The van der Waals surface area contributed by atoms with Crippen molar-refractivity contribution in [2.24, 2.45) is 5.92 Å². The number of amides is 1. The first kappa shape index (κ1) is 34.1. The average molecular weight is 709 g/mol. The minimum atomic E-state index is -0.947. The molecule has 0 radical (unpaired) electrons. The summed E-state index contributed by atoms with van der Waals surface area (Å²) in [5.74, 6) is -1.24. The highest BCUT2D eigenvalue weighted by molar-refractivity contribution is 6.32. The Labute approximate surface area is 298 Å². The minimum absolute atomic E-state index is 0.340. The van der Waals surface area contributed by atoms with Gasteiger partial charge in [-0.2, -0.15) is 5.10 Å². The van der Waals surface area contributed by atoms with Crippen molar-refractivity contribution in [3.63, 3.8) is 0 Å². The first-order valence-electron chi connectivity index (χ1n) is 16.9. The van der Waals surface area contributed by atoms with E-state index in [0.29, 0.717) is 57.6 Å². The third kappa shape index (κ3) is 8.00. The second-order valence-electron chi connectivity index (χ2n) is 12.3. The van der Waals surface area contributed by atoms with Crippen molar-refractivity contribution in [3.05, 3.63) is 120 Å². The topological polar surface area (TPSA) is 103 Å². The molecule has 1 unspecified atom stereocenters. The Bertz CT molecular complexity index is 2150. The van der Waals surface area contributed by atoms with E-state index in [1.807, 2.05) is 42.6 Å². The van der Waals surface area contributed by atoms with Crippen LogP contribution >= 0.6 is 11.6 Å². The number of nitrogens with one attached hydrogen (secondary N) is 2. The molecule has 1 amide bonds. The summed E-state index contributed by atoms with van der Waals surface area (Å²) in [6.07, 6.45) is 8.99. The van der Waals surface area contributed by atoms with Crippen molar-refractivity contribution in [1.82, 2.24) is 19.6 Å². The third-order valence-electron chi connectivity index (χ3n) is 8.83. The van der Waals surface area contributed by atoms with Crippen molar-refractivity contribution < 1.29 is 23.0 Å². The van der Waals surface area contributed by atoms with Crippen molar-refractivity contribution in [1.29, 1.82) is 0 Å². The summed E-state index contributed by atoms with van der Waals surface area (Å²) in [4.78, 5) is 22.1. The lowest BCUT2D eigenvalue weighted by Gasteiger charge is -2.20. The maximum atomic E-state index is 14.3. The van der Waals surface area contributed by atoms with Gasteiger partial charge in [-0.3, -0.25) is 4.79 Å². The van der Waals surface area contributed by atoms with Crippen LogP contribution in [0, 0.1) is 17.6 Å². The van der Waals surface area contributed by atoms with Crippen LogP contribution in [0.4, 0.5) is 26.1 Å². The number of nitrogens with zero attached hydrogens (tertiary/aromatic N) is 4. The number of halogens is 3. The Morgan fingerprint density at radius 3 is 2.67 bits per heavy atom. The Balaban J connectivity index is 1.10. The zero-order valence-electron chi connectivity index (χ0n) is 27.6. The van der Waals surface area contributed by atoms with E-state index >= 15 is 0 Å². The minimum Gasteiger partial charge on any atom is -0.492 e. The molecule has 4 heterocycles. The van der Waals surface area contributed by atoms with E-state index in [9.17, 15) is 13.6 Å². The Morgan fingerprint density at radius 2 is 1.80 bits per heavy atom. The van der Waals surface area contributed by atoms with Crippen LogP contribution in [0.1, 0.15) is 42.5 Å². The molecule has 7 rings (SSSR count).